The molecule has 1 aliphatic rings. The number of rotatable bonds is 5. The number of aromatic amines is 1. The van der Waals surface area contributed by atoms with Gasteiger partial charge in [0.25, 0.3) is 5.91 Å². The third-order valence-corrected chi connectivity index (χ3v) is 6.19. The molecule has 0 aliphatic carbocycles. The Morgan fingerprint density at radius 3 is 2.81 bits per heavy atom. The first-order chi connectivity index (χ1) is 12.6. The predicted octanol–water partition coefficient (Wildman–Crippen LogP) is 3.08. The highest BCUT2D eigenvalue weighted by atomic mass is 32.2. The molecule has 7 nitrogen and oxygen atoms in total. The van der Waals surface area contributed by atoms with Crippen LogP contribution in [0.1, 0.15) is 25.6 Å². The van der Waals surface area contributed by atoms with E-state index in [-0.39, 0.29) is 10.8 Å². The number of hydrogen-bond acceptors (Lipinski definition) is 6. The molecule has 1 aliphatic heterocycles. The van der Waals surface area contributed by atoms with E-state index in [1.165, 1.54) is 17.4 Å². The molecular weight excluding hydrogens is 372 g/mol. The van der Waals surface area contributed by atoms with Crippen LogP contribution in [0.2, 0.25) is 0 Å². The van der Waals surface area contributed by atoms with Gasteiger partial charge in [-0.3, -0.25) is 14.8 Å². The van der Waals surface area contributed by atoms with Crippen LogP contribution in [0, 0.1) is 0 Å². The second-order valence-electron chi connectivity index (χ2n) is 5.97. The maximum Gasteiger partial charge on any atom is 0.345 e. The minimum absolute atomic E-state index is 0.202. The van der Waals surface area contributed by atoms with Crippen LogP contribution < -0.4 is 5.32 Å². The summed E-state index contributed by atoms with van der Waals surface area (Å²) >= 11 is 3.02. The minimum atomic E-state index is -0.996. The SMILES string of the molecule is O=C(Nc1n[nH]c2sc(C(=O)O)cc12)c1ccc(CN2CCSC2)cc1. The number of H-pyrrole nitrogens is 1. The first kappa shape index (κ1) is 17.1. The molecule has 3 N–H and O–H groups in total. The number of thioether (sulfide) groups is 1. The summed E-state index contributed by atoms with van der Waals surface area (Å²) in [6.45, 7) is 1.99. The van der Waals surface area contributed by atoms with E-state index in [9.17, 15) is 9.59 Å². The molecule has 0 unspecified atom stereocenters. The number of aromatic nitrogens is 2. The Morgan fingerprint density at radius 1 is 1.31 bits per heavy atom. The van der Waals surface area contributed by atoms with Gasteiger partial charge in [0.2, 0.25) is 0 Å². The van der Waals surface area contributed by atoms with E-state index in [1.54, 1.807) is 12.1 Å². The van der Waals surface area contributed by atoms with Crippen molar-refractivity contribution < 1.29 is 14.7 Å². The summed E-state index contributed by atoms with van der Waals surface area (Å²) in [4.78, 5) is 26.7. The van der Waals surface area contributed by atoms with E-state index in [4.69, 9.17) is 5.11 Å². The molecule has 3 heterocycles. The normalized spacial score (nSPS) is 14.8. The number of amides is 1. The number of benzene rings is 1. The molecule has 0 spiro atoms. The zero-order valence-electron chi connectivity index (χ0n) is 13.7. The van der Waals surface area contributed by atoms with Crippen LogP contribution in [-0.2, 0) is 6.54 Å². The van der Waals surface area contributed by atoms with Gasteiger partial charge in [-0.2, -0.15) is 5.10 Å². The molecule has 26 heavy (non-hydrogen) atoms. The number of carboxylic acid groups (broad SMARTS) is 1. The molecule has 0 atom stereocenters. The van der Waals surface area contributed by atoms with Crippen LogP contribution in [0.15, 0.2) is 30.3 Å². The van der Waals surface area contributed by atoms with Gasteiger partial charge in [0.15, 0.2) is 5.82 Å². The van der Waals surface area contributed by atoms with E-state index in [0.29, 0.717) is 21.6 Å². The van der Waals surface area contributed by atoms with Crippen molar-refractivity contribution in [2.45, 2.75) is 6.54 Å². The summed E-state index contributed by atoms with van der Waals surface area (Å²) in [6.07, 6.45) is 0. The molecule has 2 aromatic heterocycles. The first-order valence-corrected chi connectivity index (χ1v) is 9.99. The quantitative estimate of drug-likeness (QED) is 0.621. The van der Waals surface area contributed by atoms with E-state index in [1.807, 2.05) is 23.9 Å². The van der Waals surface area contributed by atoms with Gasteiger partial charge in [-0.1, -0.05) is 12.1 Å². The number of carboxylic acids is 1. The van der Waals surface area contributed by atoms with Gasteiger partial charge in [0.1, 0.15) is 9.71 Å². The van der Waals surface area contributed by atoms with Crippen molar-refractivity contribution in [2.24, 2.45) is 0 Å². The molecule has 1 fully saturated rings. The lowest BCUT2D eigenvalue weighted by Gasteiger charge is -2.13. The summed E-state index contributed by atoms with van der Waals surface area (Å²) in [7, 11) is 0. The summed E-state index contributed by atoms with van der Waals surface area (Å²) < 4.78 is 0. The highest BCUT2D eigenvalue weighted by Gasteiger charge is 2.17. The standard InChI is InChI=1S/C17H16N4O3S2/c22-15(11-3-1-10(2-4-11)8-21-5-6-25-9-21)18-14-12-7-13(17(23)24)26-16(12)20-19-14/h1-4,7H,5-6,8-9H2,(H,23,24)(H2,18,19,20,22). The second-order valence-corrected chi connectivity index (χ2v) is 8.10. The van der Waals surface area contributed by atoms with Crippen LogP contribution in [0.4, 0.5) is 5.82 Å². The molecule has 1 saturated heterocycles. The maximum absolute atomic E-state index is 12.5. The number of nitrogens with zero attached hydrogens (tertiary/aromatic N) is 2. The topological polar surface area (TPSA) is 98.3 Å². The Labute approximate surface area is 157 Å². The Hall–Kier alpha value is -2.36. The molecule has 1 amide bonds. The second kappa shape index (κ2) is 7.10. The first-order valence-electron chi connectivity index (χ1n) is 8.02. The van der Waals surface area contributed by atoms with Crippen LogP contribution in [0.5, 0.6) is 0 Å². The molecule has 0 bridgehead atoms. The molecule has 1 aromatic carbocycles. The average Bonchev–Trinajstić information content (AvgIpc) is 3.34. The lowest BCUT2D eigenvalue weighted by molar-refractivity contribution is 0.0702. The summed E-state index contributed by atoms with van der Waals surface area (Å²) in [5.74, 6) is 1.29. The van der Waals surface area contributed by atoms with Crippen LogP contribution in [0.3, 0.4) is 0 Å². The van der Waals surface area contributed by atoms with E-state index in [2.05, 4.69) is 20.4 Å². The monoisotopic (exact) mass is 388 g/mol. The number of thiophene rings is 1. The van der Waals surface area contributed by atoms with Crippen LogP contribution >= 0.6 is 23.1 Å². The third-order valence-electron chi connectivity index (χ3n) is 4.15. The molecule has 134 valence electrons. The number of aromatic carboxylic acids is 1. The van der Waals surface area contributed by atoms with Crippen LogP contribution in [0.25, 0.3) is 10.2 Å². The highest BCUT2D eigenvalue weighted by molar-refractivity contribution is 7.99. The predicted molar refractivity (Wildman–Crippen MR) is 103 cm³/mol. The van der Waals surface area contributed by atoms with Crippen molar-refractivity contribution in [3.05, 3.63) is 46.3 Å². The average molecular weight is 388 g/mol. The van der Waals surface area contributed by atoms with Crippen molar-refractivity contribution in [3.63, 3.8) is 0 Å². The minimum Gasteiger partial charge on any atom is -0.477 e. The van der Waals surface area contributed by atoms with Gasteiger partial charge in [0.05, 0.1) is 5.39 Å². The Morgan fingerprint density at radius 2 is 2.12 bits per heavy atom. The third kappa shape index (κ3) is 3.46. The molecular formula is C17H16N4O3S2. The van der Waals surface area contributed by atoms with Gasteiger partial charge in [-0.05, 0) is 23.8 Å². The van der Waals surface area contributed by atoms with E-state index in [0.717, 1.165) is 30.3 Å². The van der Waals surface area contributed by atoms with Gasteiger partial charge >= 0.3 is 5.97 Å². The molecule has 9 heteroatoms. The van der Waals surface area contributed by atoms with Crippen molar-refractivity contribution >= 4 is 51.0 Å². The Kier molecular flexibility index (Phi) is 4.66. The van der Waals surface area contributed by atoms with Crippen LogP contribution in [-0.4, -0.2) is 50.3 Å². The summed E-state index contributed by atoms with van der Waals surface area (Å²) in [6, 6.07) is 9.04. The van der Waals surface area contributed by atoms with Gasteiger partial charge in [0, 0.05) is 30.3 Å². The Bertz CT molecular complexity index is 958. The molecule has 0 saturated carbocycles. The number of carbonyl (C=O) groups excluding carboxylic acids is 1. The lowest BCUT2D eigenvalue weighted by atomic mass is 10.1. The number of carbonyl (C=O) groups is 2. The number of hydrogen-bond donors (Lipinski definition) is 3. The number of nitrogens with one attached hydrogen (secondary N) is 2. The number of fused-ring (bicyclic) bond motifs is 1. The van der Waals surface area contributed by atoms with Gasteiger partial charge < -0.3 is 10.4 Å². The van der Waals surface area contributed by atoms with Crippen molar-refractivity contribution in [1.82, 2.24) is 15.1 Å². The van der Waals surface area contributed by atoms with Crippen molar-refractivity contribution in [1.29, 1.82) is 0 Å². The fourth-order valence-electron chi connectivity index (χ4n) is 2.79. The molecule has 0 radical (unpaired) electrons. The van der Waals surface area contributed by atoms with Gasteiger partial charge in [-0.25, -0.2) is 4.79 Å². The highest BCUT2D eigenvalue weighted by Crippen LogP contribution is 2.29. The fourth-order valence-corrected chi connectivity index (χ4v) is 4.63. The number of anilines is 1. The fraction of sp³-hybridized carbons (Fsp3) is 0.235. The van der Waals surface area contributed by atoms with Crippen molar-refractivity contribution in [3.8, 4) is 0 Å². The van der Waals surface area contributed by atoms with Gasteiger partial charge in [-0.15, -0.1) is 23.1 Å². The zero-order valence-corrected chi connectivity index (χ0v) is 15.3. The smallest absolute Gasteiger partial charge is 0.345 e. The van der Waals surface area contributed by atoms with E-state index < -0.39 is 5.97 Å². The summed E-state index contributed by atoms with van der Waals surface area (Å²) in [5.41, 5.74) is 1.71. The molecule has 4 rings (SSSR count). The zero-order chi connectivity index (χ0) is 18.1. The Balaban J connectivity index is 1.46. The van der Waals surface area contributed by atoms with Crippen molar-refractivity contribution in [2.75, 3.05) is 23.5 Å². The summed E-state index contributed by atoms with van der Waals surface area (Å²) in [5, 5.41) is 19.2. The lowest BCUT2D eigenvalue weighted by Crippen LogP contribution is -2.18. The van der Waals surface area contributed by atoms with E-state index >= 15 is 0 Å². The maximum atomic E-state index is 12.5. The molecule has 3 aromatic rings. The largest absolute Gasteiger partial charge is 0.477 e.